The maximum Gasteiger partial charge on any atom is 0.416 e. The van der Waals surface area contributed by atoms with E-state index in [0.29, 0.717) is 16.4 Å². The molecule has 0 aliphatic heterocycles. The van der Waals surface area contributed by atoms with Gasteiger partial charge in [0.25, 0.3) is 0 Å². The predicted molar refractivity (Wildman–Crippen MR) is 107 cm³/mol. The van der Waals surface area contributed by atoms with Crippen LogP contribution in [0.3, 0.4) is 0 Å². The van der Waals surface area contributed by atoms with Gasteiger partial charge in [0.1, 0.15) is 0 Å². The zero-order valence-corrected chi connectivity index (χ0v) is 16.9. The maximum absolute atomic E-state index is 13.1. The van der Waals surface area contributed by atoms with Crippen molar-refractivity contribution in [1.82, 2.24) is 4.90 Å². The summed E-state index contributed by atoms with van der Waals surface area (Å²) in [6, 6.07) is 7.01. The molecule has 0 heterocycles. The maximum atomic E-state index is 13.1. The van der Waals surface area contributed by atoms with Crippen molar-refractivity contribution in [2.45, 2.75) is 20.0 Å². The molecule has 8 heteroatoms. The Morgan fingerprint density at radius 3 is 2.33 bits per heavy atom. The Balaban J connectivity index is 2.51. The number of benzene rings is 2. The number of hydrogen-bond donors (Lipinski definition) is 0. The number of aliphatic imine (C=N–C) groups is 1. The normalized spacial score (nSPS) is 11.9. The molecule has 0 unspecified atom stereocenters. The Morgan fingerprint density at radius 1 is 1.07 bits per heavy atom. The van der Waals surface area contributed by atoms with Gasteiger partial charge in [0.15, 0.2) is 0 Å². The topological polar surface area (TPSA) is 18.8 Å². The summed E-state index contributed by atoms with van der Waals surface area (Å²) in [6.07, 6.45) is -2.83. The SMILES string of the molecule is CCN(C)/C=N\c1cc(C)cc(N(C)c2cc(Cl)cc(C(F)(F)F)c2)c1Cl. The van der Waals surface area contributed by atoms with Crippen LogP contribution in [0.5, 0.6) is 0 Å². The molecular formula is C19H20Cl2F3N3. The molecule has 0 bridgehead atoms. The molecule has 2 aromatic rings. The summed E-state index contributed by atoms with van der Waals surface area (Å²) in [5, 5.41) is 0.343. The number of aryl methyl sites for hydroxylation is 1. The first-order chi connectivity index (χ1) is 12.5. The first kappa shape index (κ1) is 21.4. The van der Waals surface area contributed by atoms with Crippen LogP contribution in [0.2, 0.25) is 10.0 Å². The van der Waals surface area contributed by atoms with E-state index >= 15 is 0 Å². The Hall–Kier alpha value is -1.92. The van der Waals surface area contributed by atoms with Crippen LogP contribution >= 0.6 is 23.2 Å². The van der Waals surface area contributed by atoms with Crippen molar-refractivity contribution >= 4 is 46.6 Å². The minimum Gasteiger partial charge on any atom is -0.366 e. The largest absolute Gasteiger partial charge is 0.416 e. The van der Waals surface area contributed by atoms with Gasteiger partial charge in [-0.1, -0.05) is 23.2 Å². The monoisotopic (exact) mass is 417 g/mol. The van der Waals surface area contributed by atoms with E-state index in [9.17, 15) is 13.2 Å². The van der Waals surface area contributed by atoms with Gasteiger partial charge in [-0.05, 0) is 49.7 Å². The van der Waals surface area contributed by atoms with Crippen LogP contribution in [-0.2, 0) is 6.18 Å². The van der Waals surface area contributed by atoms with Gasteiger partial charge < -0.3 is 9.80 Å². The van der Waals surface area contributed by atoms with Crippen molar-refractivity contribution in [2.75, 3.05) is 25.5 Å². The summed E-state index contributed by atoms with van der Waals surface area (Å²) >= 11 is 12.4. The lowest BCUT2D eigenvalue weighted by Gasteiger charge is -2.23. The molecule has 0 atom stereocenters. The Labute approximate surface area is 167 Å². The number of rotatable bonds is 5. The molecule has 0 saturated carbocycles. The number of nitrogens with zero attached hydrogens (tertiary/aromatic N) is 3. The number of alkyl halides is 3. The van der Waals surface area contributed by atoms with Gasteiger partial charge in [-0.15, -0.1) is 0 Å². The summed E-state index contributed by atoms with van der Waals surface area (Å²) in [5.74, 6) is 0. The van der Waals surface area contributed by atoms with Crippen molar-refractivity contribution in [1.29, 1.82) is 0 Å². The van der Waals surface area contributed by atoms with E-state index in [1.54, 1.807) is 24.4 Å². The van der Waals surface area contributed by atoms with E-state index in [1.807, 2.05) is 31.9 Å². The average molecular weight is 418 g/mol. The molecule has 0 aromatic heterocycles. The smallest absolute Gasteiger partial charge is 0.366 e. The highest BCUT2D eigenvalue weighted by Gasteiger charge is 2.31. The van der Waals surface area contributed by atoms with E-state index in [4.69, 9.17) is 23.2 Å². The fraction of sp³-hybridized carbons (Fsp3) is 0.316. The van der Waals surface area contributed by atoms with E-state index in [-0.39, 0.29) is 10.7 Å². The van der Waals surface area contributed by atoms with Crippen molar-refractivity contribution in [3.63, 3.8) is 0 Å². The van der Waals surface area contributed by atoms with Crippen LogP contribution in [0.1, 0.15) is 18.1 Å². The van der Waals surface area contributed by atoms with Crippen LogP contribution in [-0.4, -0.2) is 31.9 Å². The fourth-order valence-corrected chi connectivity index (χ4v) is 2.90. The zero-order chi connectivity index (χ0) is 20.4. The van der Waals surface area contributed by atoms with E-state index in [0.717, 1.165) is 24.2 Å². The quantitative estimate of drug-likeness (QED) is 0.398. The molecule has 2 rings (SSSR count). The Bertz CT molecular complexity index is 851. The first-order valence-corrected chi connectivity index (χ1v) is 8.94. The molecule has 27 heavy (non-hydrogen) atoms. The summed E-state index contributed by atoms with van der Waals surface area (Å²) < 4.78 is 39.3. The lowest BCUT2D eigenvalue weighted by molar-refractivity contribution is -0.137. The summed E-state index contributed by atoms with van der Waals surface area (Å²) in [5.41, 5.74) is 1.42. The highest BCUT2D eigenvalue weighted by Crippen LogP contribution is 2.41. The van der Waals surface area contributed by atoms with Gasteiger partial charge >= 0.3 is 6.18 Å². The van der Waals surface area contributed by atoms with E-state index < -0.39 is 11.7 Å². The molecular weight excluding hydrogens is 398 g/mol. The molecule has 0 amide bonds. The summed E-state index contributed by atoms with van der Waals surface area (Å²) in [4.78, 5) is 7.84. The van der Waals surface area contributed by atoms with Gasteiger partial charge in [-0.2, -0.15) is 13.2 Å². The standard InChI is InChI=1S/C19H20Cl2F3N3/c1-5-26(3)11-25-16-6-12(2)7-17(18(16)21)27(4)15-9-13(19(22,23)24)8-14(20)10-15/h6-11H,5H2,1-4H3/b25-11-. The Kier molecular flexibility index (Phi) is 6.65. The molecule has 2 aromatic carbocycles. The fourth-order valence-electron chi connectivity index (χ4n) is 2.38. The van der Waals surface area contributed by atoms with E-state index in [2.05, 4.69) is 4.99 Å². The molecule has 0 spiro atoms. The van der Waals surface area contributed by atoms with E-state index in [1.165, 1.54) is 6.07 Å². The van der Waals surface area contributed by atoms with Gasteiger partial charge in [-0.25, -0.2) is 4.99 Å². The van der Waals surface area contributed by atoms with Crippen molar-refractivity contribution in [2.24, 2.45) is 4.99 Å². The minimum atomic E-state index is -4.49. The molecule has 0 radical (unpaired) electrons. The summed E-state index contributed by atoms with van der Waals surface area (Å²) in [6.45, 7) is 4.64. The second kappa shape index (κ2) is 8.40. The highest BCUT2D eigenvalue weighted by atomic mass is 35.5. The molecule has 0 saturated heterocycles. The predicted octanol–water partition coefficient (Wildman–Crippen LogP) is 6.70. The number of hydrogen-bond acceptors (Lipinski definition) is 2. The lowest BCUT2D eigenvalue weighted by atomic mass is 10.1. The zero-order valence-electron chi connectivity index (χ0n) is 15.4. The second-order valence-electron chi connectivity index (χ2n) is 6.19. The van der Waals surface area contributed by atoms with Crippen LogP contribution in [0.25, 0.3) is 0 Å². The third kappa shape index (κ3) is 5.30. The minimum absolute atomic E-state index is 0.00161. The average Bonchev–Trinajstić information content (AvgIpc) is 2.59. The lowest BCUT2D eigenvalue weighted by Crippen LogP contribution is -2.14. The van der Waals surface area contributed by atoms with Gasteiger partial charge in [-0.3, -0.25) is 0 Å². The summed E-state index contributed by atoms with van der Waals surface area (Å²) in [7, 11) is 3.52. The number of halogens is 5. The van der Waals surface area contributed by atoms with Gasteiger partial charge in [0, 0.05) is 31.4 Å². The van der Waals surface area contributed by atoms with Crippen molar-refractivity contribution in [3.05, 3.63) is 51.5 Å². The van der Waals surface area contributed by atoms with Crippen LogP contribution in [0.15, 0.2) is 35.3 Å². The van der Waals surface area contributed by atoms with Crippen LogP contribution in [0, 0.1) is 6.92 Å². The van der Waals surface area contributed by atoms with Crippen LogP contribution in [0.4, 0.5) is 30.2 Å². The molecule has 3 nitrogen and oxygen atoms in total. The second-order valence-corrected chi connectivity index (χ2v) is 7.00. The molecule has 146 valence electrons. The van der Waals surface area contributed by atoms with Crippen molar-refractivity contribution in [3.8, 4) is 0 Å². The molecule has 0 fully saturated rings. The number of anilines is 2. The van der Waals surface area contributed by atoms with Crippen LogP contribution < -0.4 is 4.90 Å². The molecule has 0 aliphatic rings. The third-order valence-electron chi connectivity index (χ3n) is 4.03. The molecule has 0 aliphatic carbocycles. The Morgan fingerprint density at radius 2 is 1.74 bits per heavy atom. The third-order valence-corrected chi connectivity index (χ3v) is 4.64. The highest BCUT2D eigenvalue weighted by molar-refractivity contribution is 6.36. The molecule has 0 N–H and O–H groups in total. The first-order valence-electron chi connectivity index (χ1n) is 8.19. The van der Waals surface area contributed by atoms with Gasteiger partial charge in [0.2, 0.25) is 0 Å². The van der Waals surface area contributed by atoms with Crippen molar-refractivity contribution < 1.29 is 13.2 Å². The van der Waals surface area contributed by atoms with Gasteiger partial charge in [0.05, 0.1) is 28.3 Å².